The van der Waals surface area contributed by atoms with E-state index in [-0.39, 0.29) is 21.8 Å². The van der Waals surface area contributed by atoms with Crippen molar-refractivity contribution in [1.82, 2.24) is 10.3 Å². The van der Waals surface area contributed by atoms with Crippen molar-refractivity contribution in [2.24, 2.45) is 10.1 Å². The van der Waals surface area contributed by atoms with Gasteiger partial charge in [0.2, 0.25) is 11.7 Å². The highest BCUT2D eigenvalue weighted by Gasteiger charge is 2.19. The molecule has 0 radical (unpaired) electrons. The van der Waals surface area contributed by atoms with Crippen LogP contribution in [0.3, 0.4) is 0 Å². The van der Waals surface area contributed by atoms with Crippen LogP contribution >= 0.6 is 15.9 Å². The fraction of sp³-hybridized carbons (Fsp3) is 0. The Labute approximate surface area is 185 Å². The van der Waals surface area contributed by atoms with Crippen LogP contribution in [0.1, 0.15) is 16.8 Å². The minimum absolute atomic E-state index is 0.0565. The lowest BCUT2D eigenvalue weighted by atomic mass is 10.0. The molecule has 0 atom stereocenters. The number of halogens is 2. The van der Waals surface area contributed by atoms with Crippen LogP contribution in [-0.2, 0) is 0 Å². The molecule has 3 aromatic carbocycles. The van der Waals surface area contributed by atoms with Gasteiger partial charge in [0.15, 0.2) is 5.69 Å². The largest absolute Gasteiger partial charge is 0.409 e. The molecule has 1 aromatic heterocycles. The highest BCUT2D eigenvalue weighted by atomic mass is 79.9. The first kappa shape index (κ1) is 20.4. The second-order valence-corrected chi connectivity index (χ2v) is 7.19. The molecule has 0 aliphatic carbocycles. The van der Waals surface area contributed by atoms with E-state index in [1.54, 1.807) is 0 Å². The predicted octanol–water partition coefficient (Wildman–Crippen LogP) is 5.39. The van der Waals surface area contributed by atoms with Crippen LogP contribution in [0.25, 0.3) is 0 Å². The zero-order valence-corrected chi connectivity index (χ0v) is 17.5. The fourth-order valence-corrected chi connectivity index (χ4v) is 3.22. The Morgan fingerprint density at radius 1 is 0.935 bits per heavy atom. The van der Waals surface area contributed by atoms with Crippen molar-refractivity contribution >= 4 is 39.0 Å². The highest BCUT2D eigenvalue weighted by molar-refractivity contribution is 9.10. The van der Waals surface area contributed by atoms with E-state index in [4.69, 9.17) is 4.63 Å². The van der Waals surface area contributed by atoms with Crippen LogP contribution in [0.5, 0.6) is 0 Å². The second-order valence-electron chi connectivity index (χ2n) is 6.33. The molecule has 1 heterocycles. The molecule has 0 aliphatic heterocycles. The normalized spacial score (nSPS) is 11.2. The number of aromatic nitrogens is 2. The first-order valence-electron chi connectivity index (χ1n) is 9.12. The topological polar surface area (TPSA) is 95.9 Å². The molecular formula is C22H15BrFN5O2. The number of hydrogen-bond acceptors (Lipinski definition) is 6. The van der Waals surface area contributed by atoms with Crippen LogP contribution in [0.4, 0.5) is 15.9 Å². The van der Waals surface area contributed by atoms with E-state index in [0.717, 1.165) is 11.1 Å². The van der Waals surface area contributed by atoms with Gasteiger partial charge in [0, 0.05) is 16.8 Å². The lowest BCUT2D eigenvalue weighted by Gasteiger charge is -2.08. The molecule has 0 aliphatic rings. The van der Waals surface area contributed by atoms with Crippen LogP contribution in [0, 0.1) is 5.82 Å². The number of nitrogens with one attached hydrogen (secondary N) is 1. The van der Waals surface area contributed by atoms with Gasteiger partial charge in [0.05, 0.1) is 10.2 Å². The Bertz CT molecular complexity index is 1200. The maximum absolute atomic E-state index is 13.5. The molecule has 4 aromatic rings. The summed E-state index contributed by atoms with van der Waals surface area (Å²) in [6, 6.07) is 23.4. The summed E-state index contributed by atoms with van der Waals surface area (Å²) in [7, 11) is 0. The summed E-state index contributed by atoms with van der Waals surface area (Å²) in [5.41, 5.74) is 2.92. The van der Waals surface area contributed by atoms with E-state index >= 15 is 0 Å². The van der Waals surface area contributed by atoms with Crippen LogP contribution < -0.4 is 5.32 Å². The summed E-state index contributed by atoms with van der Waals surface area (Å²) in [6.45, 7) is 0. The average molecular weight is 480 g/mol. The molecule has 0 fully saturated rings. The summed E-state index contributed by atoms with van der Waals surface area (Å²) in [6.07, 6.45) is 0. The van der Waals surface area contributed by atoms with Gasteiger partial charge < -0.3 is 10.5 Å². The maximum atomic E-state index is 13.5. The highest BCUT2D eigenvalue weighted by Crippen LogP contribution is 2.23. The van der Waals surface area contributed by atoms with Crippen molar-refractivity contribution in [2.75, 3.05) is 5.32 Å². The van der Waals surface area contributed by atoms with Gasteiger partial charge in [-0.25, -0.2) is 14.0 Å². The number of aliphatic imine (C=N–C) groups is 1. The first-order chi connectivity index (χ1) is 15.2. The van der Waals surface area contributed by atoms with Crippen molar-refractivity contribution in [1.29, 1.82) is 0 Å². The zero-order chi connectivity index (χ0) is 21.6. The molecule has 0 saturated heterocycles. The minimum Gasteiger partial charge on any atom is -0.409 e. The number of benzene rings is 3. The average Bonchev–Trinajstić information content (AvgIpc) is 3.27. The van der Waals surface area contributed by atoms with E-state index in [1.165, 1.54) is 18.2 Å². The minimum atomic E-state index is -0.420. The molecule has 0 spiro atoms. The van der Waals surface area contributed by atoms with Gasteiger partial charge in [-0.3, -0.25) is 0 Å². The van der Waals surface area contributed by atoms with Crippen molar-refractivity contribution in [3.8, 4) is 0 Å². The van der Waals surface area contributed by atoms with Crippen LogP contribution in [-0.4, -0.2) is 27.1 Å². The van der Waals surface area contributed by atoms with Crippen LogP contribution in [0.2, 0.25) is 0 Å². The smallest absolute Gasteiger partial charge is 0.228 e. The van der Waals surface area contributed by atoms with E-state index in [9.17, 15) is 9.60 Å². The molecule has 0 unspecified atom stereocenters. The summed E-state index contributed by atoms with van der Waals surface area (Å²) in [5.74, 6) is -0.361. The molecule has 2 N–H and O–H groups in total. The lowest BCUT2D eigenvalue weighted by molar-refractivity contribution is 0.304. The van der Waals surface area contributed by atoms with Gasteiger partial charge in [0.25, 0.3) is 0 Å². The molecule has 0 saturated carbocycles. The second kappa shape index (κ2) is 9.31. The van der Waals surface area contributed by atoms with Gasteiger partial charge in [-0.05, 0) is 44.4 Å². The number of nitrogens with zero attached hydrogens (tertiary/aromatic N) is 4. The molecule has 154 valence electrons. The quantitative estimate of drug-likeness (QED) is 0.173. The third-order valence-electron chi connectivity index (χ3n) is 4.29. The predicted molar refractivity (Wildman–Crippen MR) is 119 cm³/mol. The lowest BCUT2D eigenvalue weighted by Crippen LogP contribution is -2.15. The molecule has 0 bridgehead atoms. The molecule has 9 heteroatoms. The Hall–Kier alpha value is -3.85. The van der Waals surface area contributed by atoms with E-state index < -0.39 is 5.82 Å². The first-order valence-corrected chi connectivity index (χ1v) is 9.91. The Kier molecular flexibility index (Phi) is 6.13. The number of rotatable bonds is 5. The molecule has 7 nitrogen and oxygen atoms in total. The monoisotopic (exact) mass is 479 g/mol. The summed E-state index contributed by atoms with van der Waals surface area (Å²) in [5, 5.41) is 23.4. The number of oxime groups is 1. The number of anilines is 1. The van der Waals surface area contributed by atoms with Gasteiger partial charge in [0.1, 0.15) is 5.82 Å². The molecular weight excluding hydrogens is 465 g/mol. The van der Waals surface area contributed by atoms with Gasteiger partial charge in [-0.1, -0.05) is 65.8 Å². The summed E-state index contributed by atoms with van der Waals surface area (Å²) < 4.78 is 18.6. The summed E-state index contributed by atoms with van der Waals surface area (Å²) >= 11 is 3.12. The van der Waals surface area contributed by atoms with Crippen LogP contribution in [0.15, 0.2) is 98.1 Å². The summed E-state index contributed by atoms with van der Waals surface area (Å²) in [4.78, 5) is 4.65. The Morgan fingerprint density at radius 3 is 2.16 bits per heavy atom. The maximum Gasteiger partial charge on any atom is 0.228 e. The van der Waals surface area contributed by atoms with E-state index in [2.05, 4.69) is 41.7 Å². The van der Waals surface area contributed by atoms with Gasteiger partial charge >= 0.3 is 0 Å². The Morgan fingerprint density at radius 2 is 1.58 bits per heavy atom. The standard InChI is InChI=1S/C22H15BrFN5O2/c23-17-13-16(11-12-18(17)24)25-21(27-30)20-22(29-31-28-20)26-19(14-7-3-1-4-8-14)15-9-5-2-6-10-15/h1-13,30H,(H,25,27). The fourth-order valence-electron chi connectivity index (χ4n) is 2.84. The van der Waals surface area contributed by atoms with Crippen molar-refractivity contribution in [2.45, 2.75) is 0 Å². The SMILES string of the molecule is ON=C(Nc1ccc(F)c(Br)c1)c1nonc1N=C(c1ccccc1)c1ccccc1. The third kappa shape index (κ3) is 4.67. The van der Waals surface area contributed by atoms with Crippen molar-refractivity contribution < 1.29 is 14.2 Å². The zero-order valence-electron chi connectivity index (χ0n) is 15.9. The molecule has 4 rings (SSSR count). The van der Waals surface area contributed by atoms with E-state index in [1.807, 2.05) is 60.7 Å². The number of amidine groups is 1. The van der Waals surface area contributed by atoms with Crippen molar-refractivity contribution in [3.63, 3.8) is 0 Å². The van der Waals surface area contributed by atoms with Gasteiger partial charge in [-0.15, -0.1) is 0 Å². The molecule has 0 amide bonds. The number of hydrogen-bond donors (Lipinski definition) is 2. The van der Waals surface area contributed by atoms with E-state index in [0.29, 0.717) is 11.4 Å². The molecule has 31 heavy (non-hydrogen) atoms. The third-order valence-corrected chi connectivity index (χ3v) is 4.90. The van der Waals surface area contributed by atoms with Gasteiger partial charge in [-0.2, -0.15) is 0 Å². The van der Waals surface area contributed by atoms with Crippen molar-refractivity contribution in [3.05, 3.63) is 106 Å². The Balaban J connectivity index is 1.74.